The molecule has 2 aromatic carbocycles. The summed E-state index contributed by atoms with van der Waals surface area (Å²) in [5.41, 5.74) is 14.2. The summed E-state index contributed by atoms with van der Waals surface area (Å²) < 4.78 is 48.4. The van der Waals surface area contributed by atoms with Crippen molar-refractivity contribution in [2.75, 3.05) is 6.54 Å². The fourth-order valence-electron chi connectivity index (χ4n) is 3.05. The number of nitrogens with one attached hydrogen (secondary N) is 1. The SMILES string of the molecule is Cc1ccccc1C(F)(F)F.NC1=C(C2CN2)CCC1.NCc1cccc(F)c1. The highest BCUT2D eigenvalue weighted by Gasteiger charge is 2.31. The molecule has 0 saturated carbocycles. The van der Waals surface area contributed by atoms with E-state index in [9.17, 15) is 17.6 Å². The number of halogens is 4. The van der Waals surface area contributed by atoms with E-state index in [2.05, 4.69) is 5.32 Å². The van der Waals surface area contributed by atoms with E-state index in [0.29, 0.717) is 12.6 Å². The molecule has 1 aliphatic heterocycles. The molecule has 1 unspecified atom stereocenters. The lowest BCUT2D eigenvalue weighted by Gasteiger charge is -2.08. The van der Waals surface area contributed by atoms with E-state index < -0.39 is 11.7 Å². The summed E-state index contributed by atoms with van der Waals surface area (Å²) in [5, 5.41) is 3.27. The molecule has 1 aliphatic carbocycles. The van der Waals surface area contributed by atoms with Gasteiger partial charge in [0.1, 0.15) is 5.82 Å². The van der Waals surface area contributed by atoms with Gasteiger partial charge in [-0.3, -0.25) is 0 Å². The molecule has 2 aliphatic rings. The van der Waals surface area contributed by atoms with E-state index in [4.69, 9.17) is 11.5 Å². The summed E-state index contributed by atoms with van der Waals surface area (Å²) in [7, 11) is 0. The maximum Gasteiger partial charge on any atom is 0.416 e. The number of nitrogens with two attached hydrogens (primary N) is 2. The van der Waals surface area contributed by atoms with Gasteiger partial charge in [0.2, 0.25) is 0 Å². The van der Waals surface area contributed by atoms with Crippen LogP contribution in [0, 0.1) is 12.7 Å². The van der Waals surface area contributed by atoms with Crippen LogP contribution in [0.15, 0.2) is 59.8 Å². The second kappa shape index (κ2) is 10.4. The predicted octanol–water partition coefficient (Wildman–Crippen LogP) is 4.65. The van der Waals surface area contributed by atoms with Crippen molar-refractivity contribution in [3.63, 3.8) is 0 Å². The Labute approximate surface area is 168 Å². The van der Waals surface area contributed by atoms with Crippen LogP contribution in [0.2, 0.25) is 0 Å². The third-order valence-corrected chi connectivity index (χ3v) is 4.71. The zero-order valence-corrected chi connectivity index (χ0v) is 16.4. The van der Waals surface area contributed by atoms with Gasteiger partial charge in [0.05, 0.1) is 5.56 Å². The fraction of sp³-hybridized carbons (Fsp3) is 0.364. The number of alkyl halides is 3. The lowest BCUT2D eigenvalue weighted by Crippen LogP contribution is -2.06. The molecule has 3 nitrogen and oxygen atoms in total. The van der Waals surface area contributed by atoms with Gasteiger partial charge in [-0.25, -0.2) is 4.39 Å². The summed E-state index contributed by atoms with van der Waals surface area (Å²) in [6, 6.07) is 12.4. The third kappa shape index (κ3) is 7.51. The molecule has 158 valence electrons. The van der Waals surface area contributed by atoms with E-state index >= 15 is 0 Å². The van der Waals surface area contributed by atoms with Gasteiger partial charge in [-0.1, -0.05) is 30.3 Å². The van der Waals surface area contributed by atoms with Gasteiger partial charge in [-0.2, -0.15) is 13.2 Å². The van der Waals surface area contributed by atoms with Crippen molar-refractivity contribution in [2.24, 2.45) is 11.5 Å². The highest BCUT2D eigenvalue weighted by molar-refractivity contribution is 5.28. The van der Waals surface area contributed by atoms with Crippen molar-refractivity contribution in [1.82, 2.24) is 5.32 Å². The Kier molecular flexibility index (Phi) is 8.22. The molecule has 2 aromatic rings. The third-order valence-electron chi connectivity index (χ3n) is 4.71. The van der Waals surface area contributed by atoms with E-state index in [1.165, 1.54) is 49.6 Å². The largest absolute Gasteiger partial charge is 0.416 e. The van der Waals surface area contributed by atoms with Gasteiger partial charge in [0.15, 0.2) is 0 Å². The normalized spacial score (nSPS) is 17.8. The maximum atomic E-state index is 12.3. The van der Waals surface area contributed by atoms with Crippen LogP contribution in [0.3, 0.4) is 0 Å². The summed E-state index contributed by atoms with van der Waals surface area (Å²) in [4.78, 5) is 0. The summed E-state index contributed by atoms with van der Waals surface area (Å²) >= 11 is 0. The van der Waals surface area contributed by atoms with Crippen molar-refractivity contribution < 1.29 is 17.6 Å². The second-order valence-corrected chi connectivity index (χ2v) is 7.01. The van der Waals surface area contributed by atoms with Crippen LogP contribution in [0.25, 0.3) is 0 Å². The molecule has 0 bridgehead atoms. The molecule has 1 atom stereocenters. The van der Waals surface area contributed by atoms with E-state index in [0.717, 1.165) is 30.3 Å². The molecule has 1 saturated heterocycles. The molecule has 1 heterocycles. The van der Waals surface area contributed by atoms with E-state index in [-0.39, 0.29) is 11.4 Å². The van der Waals surface area contributed by atoms with Crippen molar-refractivity contribution in [3.05, 3.63) is 82.3 Å². The summed E-state index contributed by atoms with van der Waals surface area (Å²) in [5.74, 6) is -0.224. The topological polar surface area (TPSA) is 74.0 Å². The number of aryl methyl sites for hydroxylation is 1. The number of hydrogen-bond donors (Lipinski definition) is 3. The molecule has 0 radical (unpaired) electrons. The van der Waals surface area contributed by atoms with E-state index in [1.54, 1.807) is 18.2 Å². The zero-order chi connectivity index (χ0) is 21.4. The van der Waals surface area contributed by atoms with Gasteiger partial charge in [-0.05, 0) is 61.1 Å². The quantitative estimate of drug-likeness (QED) is 0.499. The van der Waals surface area contributed by atoms with Gasteiger partial charge >= 0.3 is 6.18 Å². The number of hydrogen-bond acceptors (Lipinski definition) is 3. The van der Waals surface area contributed by atoms with Crippen LogP contribution in [0.4, 0.5) is 17.6 Å². The zero-order valence-electron chi connectivity index (χ0n) is 16.4. The van der Waals surface area contributed by atoms with Crippen LogP contribution in [0.1, 0.15) is 36.0 Å². The van der Waals surface area contributed by atoms with Crippen molar-refractivity contribution in [2.45, 2.75) is 44.9 Å². The van der Waals surface area contributed by atoms with Gasteiger partial charge in [0, 0.05) is 24.8 Å². The minimum Gasteiger partial charge on any atom is -0.402 e. The molecular weight excluding hydrogens is 382 g/mol. The molecule has 5 N–H and O–H groups in total. The Morgan fingerprint density at radius 3 is 2.17 bits per heavy atom. The van der Waals surface area contributed by atoms with Crippen LogP contribution >= 0.6 is 0 Å². The van der Waals surface area contributed by atoms with Crippen LogP contribution in [-0.4, -0.2) is 12.6 Å². The monoisotopic (exact) mass is 409 g/mol. The first-order chi connectivity index (χ1) is 13.7. The van der Waals surface area contributed by atoms with Crippen LogP contribution < -0.4 is 16.8 Å². The standard InChI is InChI=1S/C8H7F3.C7H8FN.C7H12N2/c1-6-4-2-3-5-7(6)8(9,10)11;8-7-3-1-2-6(4-7)5-9;8-6-3-1-2-5(6)7-4-9-7/h2-5H,1H3;1-4H,5,9H2;7,9H,1-4,8H2. The van der Waals surface area contributed by atoms with Gasteiger partial charge in [-0.15, -0.1) is 0 Å². The lowest BCUT2D eigenvalue weighted by molar-refractivity contribution is -0.138. The van der Waals surface area contributed by atoms with Crippen LogP contribution in [-0.2, 0) is 12.7 Å². The van der Waals surface area contributed by atoms with Gasteiger partial charge in [0.25, 0.3) is 0 Å². The van der Waals surface area contributed by atoms with E-state index in [1.807, 2.05) is 0 Å². The molecule has 29 heavy (non-hydrogen) atoms. The maximum absolute atomic E-state index is 12.3. The second-order valence-electron chi connectivity index (χ2n) is 7.01. The first kappa shape index (κ1) is 22.9. The fourth-order valence-corrected chi connectivity index (χ4v) is 3.05. The average molecular weight is 409 g/mol. The highest BCUT2D eigenvalue weighted by Crippen LogP contribution is 2.31. The van der Waals surface area contributed by atoms with Crippen molar-refractivity contribution >= 4 is 0 Å². The molecule has 0 spiro atoms. The molecule has 4 rings (SSSR count). The number of allylic oxidation sites excluding steroid dienone is 1. The first-order valence-electron chi connectivity index (χ1n) is 9.50. The Morgan fingerprint density at radius 2 is 1.76 bits per heavy atom. The first-order valence-corrected chi connectivity index (χ1v) is 9.50. The lowest BCUT2D eigenvalue weighted by atomic mass is 10.1. The Balaban J connectivity index is 0.000000156. The molecule has 0 aromatic heterocycles. The van der Waals surface area contributed by atoms with Gasteiger partial charge < -0.3 is 16.8 Å². The Hall–Kier alpha value is -2.38. The minimum absolute atomic E-state index is 0.224. The minimum atomic E-state index is -4.22. The van der Waals surface area contributed by atoms with Crippen molar-refractivity contribution in [3.8, 4) is 0 Å². The number of rotatable bonds is 2. The molecule has 7 heteroatoms. The van der Waals surface area contributed by atoms with Crippen molar-refractivity contribution in [1.29, 1.82) is 0 Å². The average Bonchev–Trinajstić information content (AvgIpc) is 3.43. The predicted molar refractivity (Wildman–Crippen MR) is 107 cm³/mol. The Morgan fingerprint density at radius 1 is 1.07 bits per heavy atom. The molecule has 1 fully saturated rings. The summed E-state index contributed by atoms with van der Waals surface area (Å²) in [6.07, 6.45) is -0.568. The van der Waals surface area contributed by atoms with Crippen LogP contribution in [0.5, 0.6) is 0 Å². The summed E-state index contributed by atoms with van der Waals surface area (Å²) in [6.45, 7) is 3.01. The Bertz CT molecular complexity index is 827. The smallest absolute Gasteiger partial charge is 0.402 e. The molecule has 0 amide bonds. The molecular formula is C22H27F4N3. The highest BCUT2D eigenvalue weighted by atomic mass is 19.4. The number of benzene rings is 2.